The van der Waals surface area contributed by atoms with Crippen molar-refractivity contribution in [3.05, 3.63) is 12.7 Å². The molecule has 0 aromatic carbocycles. The first-order chi connectivity index (χ1) is 7.97. The van der Waals surface area contributed by atoms with Crippen LogP contribution < -0.4 is 5.32 Å². The topological polar surface area (TPSA) is 78.9 Å². The van der Waals surface area contributed by atoms with E-state index in [0.717, 1.165) is 0 Å². The second-order valence-corrected chi connectivity index (χ2v) is 4.13. The Hall–Kier alpha value is -1.56. The summed E-state index contributed by atoms with van der Waals surface area (Å²) in [4.78, 5) is 24.1. The van der Waals surface area contributed by atoms with Gasteiger partial charge in [-0.15, -0.1) is 6.58 Å². The van der Waals surface area contributed by atoms with Gasteiger partial charge in [0.05, 0.1) is 19.3 Å². The van der Waals surface area contributed by atoms with Gasteiger partial charge in [0.25, 0.3) is 0 Å². The summed E-state index contributed by atoms with van der Waals surface area (Å²) >= 11 is 0. The van der Waals surface area contributed by atoms with Crippen molar-refractivity contribution < 1.29 is 19.4 Å². The first kappa shape index (κ1) is 13.5. The minimum atomic E-state index is -0.941. The van der Waals surface area contributed by atoms with Crippen LogP contribution in [0.5, 0.6) is 0 Å². The number of rotatable bonds is 4. The number of carboxylic acid groups (broad SMARTS) is 1. The number of hydrogen-bond donors (Lipinski definition) is 2. The number of nitrogens with one attached hydrogen (secondary N) is 1. The maximum absolute atomic E-state index is 11.8. The molecular formula is C11H18N2O4. The lowest BCUT2D eigenvalue weighted by Gasteiger charge is -2.27. The predicted octanol–water partition coefficient (Wildman–Crippen LogP) is 0.302. The van der Waals surface area contributed by atoms with Gasteiger partial charge >= 0.3 is 12.0 Å². The fourth-order valence-electron chi connectivity index (χ4n) is 1.67. The monoisotopic (exact) mass is 242 g/mol. The van der Waals surface area contributed by atoms with Gasteiger partial charge in [0.15, 0.2) is 0 Å². The molecule has 0 bridgehead atoms. The Morgan fingerprint density at radius 2 is 2.24 bits per heavy atom. The quantitative estimate of drug-likeness (QED) is 0.695. The molecule has 0 aromatic rings. The van der Waals surface area contributed by atoms with Gasteiger partial charge in [0, 0.05) is 13.1 Å². The average molecular weight is 242 g/mol. The highest BCUT2D eigenvalue weighted by atomic mass is 16.5. The van der Waals surface area contributed by atoms with Gasteiger partial charge in [0.1, 0.15) is 5.92 Å². The van der Waals surface area contributed by atoms with Crippen LogP contribution in [0.15, 0.2) is 12.7 Å². The summed E-state index contributed by atoms with van der Waals surface area (Å²) in [6.07, 6.45) is 1.60. The van der Waals surface area contributed by atoms with Gasteiger partial charge in [-0.1, -0.05) is 6.08 Å². The highest BCUT2D eigenvalue weighted by Crippen LogP contribution is 2.19. The third-order valence-electron chi connectivity index (χ3n) is 2.89. The lowest BCUT2D eigenvalue weighted by molar-refractivity contribution is -0.142. The second kappa shape index (κ2) is 5.67. The van der Waals surface area contributed by atoms with Crippen LogP contribution in [0, 0.1) is 5.92 Å². The van der Waals surface area contributed by atoms with Gasteiger partial charge < -0.3 is 20.1 Å². The molecule has 0 radical (unpaired) electrons. The molecule has 0 saturated carbocycles. The Balaban J connectivity index is 2.62. The van der Waals surface area contributed by atoms with Crippen molar-refractivity contribution in [3.8, 4) is 0 Å². The van der Waals surface area contributed by atoms with E-state index in [0.29, 0.717) is 0 Å². The summed E-state index contributed by atoms with van der Waals surface area (Å²) in [6.45, 7) is 5.75. The van der Waals surface area contributed by atoms with E-state index in [4.69, 9.17) is 9.84 Å². The number of nitrogens with zero attached hydrogens (tertiary/aromatic N) is 1. The summed E-state index contributed by atoms with van der Waals surface area (Å²) in [5, 5.41) is 11.7. The molecule has 0 aromatic heterocycles. The Morgan fingerprint density at radius 3 is 2.76 bits per heavy atom. The summed E-state index contributed by atoms with van der Waals surface area (Å²) < 4.78 is 5.11. The van der Waals surface area contributed by atoms with E-state index in [9.17, 15) is 9.59 Å². The summed E-state index contributed by atoms with van der Waals surface area (Å²) in [7, 11) is 1.57. The van der Waals surface area contributed by atoms with Crippen LogP contribution in [0.4, 0.5) is 4.79 Å². The predicted molar refractivity (Wildman–Crippen MR) is 61.7 cm³/mol. The van der Waals surface area contributed by atoms with Crippen LogP contribution in [0.1, 0.15) is 6.92 Å². The van der Waals surface area contributed by atoms with E-state index in [2.05, 4.69) is 11.9 Å². The van der Waals surface area contributed by atoms with Crippen LogP contribution in [0.25, 0.3) is 0 Å². The Kier molecular flexibility index (Phi) is 4.51. The molecular weight excluding hydrogens is 224 g/mol. The van der Waals surface area contributed by atoms with Gasteiger partial charge in [-0.05, 0) is 6.92 Å². The molecule has 1 fully saturated rings. The number of carbonyl (C=O) groups is 2. The largest absolute Gasteiger partial charge is 0.481 e. The van der Waals surface area contributed by atoms with Crippen LogP contribution >= 0.6 is 0 Å². The zero-order valence-corrected chi connectivity index (χ0v) is 10.0. The molecule has 1 aliphatic heterocycles. The number of ether oxygens (including phenoxy) is 1. The molecule has 3 unspecified atom stereocenters. The number of carboxylic acids is 1. The smallest absolute Gasteiger partial charge is 0.317 e. The summed E-state index contributed by atoms with van der Waals surface area (Å²) in [5.41, 5.74) is 0. The SMILES string of the molecule is C=CC(C)NC(=O)N(C)C1COCC1C(=O)O. The van der Waals surface area contributed by atoms with E-state index >= 15 is 0 Å². The van der Waals surface area contributed by atoms with Crippen LogP contribution in [0.2, 0.25) is 0 Å². The number of likely N-dealkylation sites (N-methyl/N-ethyl adjacent to an activating group) is 1. The third kappa shape index (κ3) is 3.20. The van der Waals surface area contributed by atoms with Crippen molar-refractivity contribution in [1.82, 2.24) is 10.2 Å². The number of hydrogen-bond acceptors (Lipinski definition) is 3. The number of aliphatic carboxylic acids is 1. The van der Waals surface area contributed by atoms with Crippen LogP contribution in [-0.4, -0.2) is 54.4 Å². The summed E-state index contributed by atoms with van der Waals surface area (Å²) in [6, 6.07) is -0.904. The van der Waals surface area contributed by atoms with Crippen molar-refractivity contribution in [1.29, 1.82) is 0 Å². The number of amides is 2. The number of carbonyl (C=O) groups excluding carboxylic acids is 1. The molecule has 2 N–H and O–H groups in total. The van der Waals surface area contributed by atoms with E-state index in [1.165, 1.54) is 4.90 Å². The Bertz CT molecular complexity index is 319. The fraction of sp³-hybridized carbons (Fsp3) is 0.636. The molecule has 1 aliphatic rings. The number of urea groups is 1. The van der Waals surface area contributed by atoms with Crippen LogP contribution in [0.3, 0.4) is 0 Å². The third-order valence-corrected chi connectivity index (χ3v) is 2.89. The van der Waals surface area contributed by atoms with Crippen LogP contribution in [-0.2, 0) is 9.53 Å². The minimum absolute atomic E-state index is 0.147. The first-order valence-corrected chi connectivity index (χ1v) is 5.43. The lowest BCUT2D eigenvalue weighted by Crippen LogP contribution is -2.50. The van der Waals surface area contributed by atoms with Crippen molar-refractivity contribution in [2.24, 2.45) is 5.92 Å². The fourth-order valence-corrected chi connectivity index (χ4v) is 1.67. The van der Waals surface area contributed by atoms with Gasteiger partial charge in [-0.2, -0.15) is 0 Å². The zero-order valence-electron chi connectivity index (χ0n) is 10.0. The highest BCUT2D eigenvalue weighted by molar-refractivity contribution is 5.77. The molecule has 1 rings (SSSR count). The van der Waals surface area contributed by atoms with Gasteiger partial charge in [-0.25, -0.2) is 4.79 Å². The maximum Gasteiger partial charge on any atom is 0.317 e. The minimum Gasteiger partial charge on any atom is -0.481 e. The molecule has 1 heterocycles. The lowest BCUT2D eigenvalue weighted by atomic mass is 10.0. The van der Waals surface area contributed by atoms with Crippen molar-refractivity contribution >= 4 is 12.0 Å². The molecule has 2 amide bonds. The molecule has 0 spiro atoms. The first-order valence-electron chi connectivity index (χ1n) is 5.43. The maximum atomic E-state index is 11.8. The molecule has 0 aliphatic carbocycles. The normalized spacial score (nSPS) is 25.1. The second-order valence-electron chi connectivity index (χ2n) is 4.13. The zero-order chi connectivity index (χ0) is 13.0. The highest BCUT2D eigenvalue weighted by Gasteiger charge is 2.38. The van der Waals surface area contributed by atoms with Gasteiger partial charge in [0.2, 0.25) is 0 Å². The van der Waals surface area contributed by atoms with Crippen molar-refractivity contribution in [2.45, 2.75) is 19.0 Å². The molecule has 6 nitrogen and oxygen atoms in total. The average Bonchev–Trinajstić information content (AvgIpc) is 2.76. The molecule has 17 heavy (non-hydrogen) atoms. The van der Waals surface area contributed by atoms with E-state index < -0.39 is 17.9 Å². The van der Waals surface area contributed by atoms with Crippen molar-refractivity contribution in [2.75, 3.05) is 20.3 Å². The van der Waals surface area contributed by atoms with E-state index in [1.807, 2.05) is 0 Å². The Morgan fingerprint density at radius 1 is 1.59 bits per heavy atom. The van der Waals surface area contributed by atoms with Crippen molar-refractivity contribution in [3.63, 3.8) is 0 Å². The van der Waals surface area contributed by atoms with E-state index in [1.54, 1.807) is 20.0 Å². The Labute approximate surface area is 100 Å². The molecule has 96 valence electrons. The van der Waals surface area contributed by atoms with Gasteiger partial charge in [-0.3, -0.25) is 4.79 Å². The van der Waals surface area contributed by atoms with E-state index in [-0.39, 0.29) is 25.3 Å². The molecule has 1 saturated heterocycles. The molecule has 6 heteroatoms. The summed E-state index contributed by atoms with van der Waals surface area (Å²) in [5.74, 6) is -1.60. The standard InChI is InChI=1S/C11H18N2O4/c1-4-7(2)12-11(16)13(3)9-6-17-5-8(9)10(14)15/h4,7-9H,1,5-6H2,2-3H3,(H,12,16)(H,14,15). The molecule has 3 atom stereocenters.